The summed E-state index contributed by atoms with van der Waals surface area (Å²) in [5.41, 5.74) is 2.74. The molecule has 0 N–H and O–H groups in total. The number of hydrogen-bond acceptors (Lipinski definition) is 4. The van der Waals surface area contributed by atoms with Crippen molar-refractivity contribution in [3.8, 4) is 11.5 Å². The van der Waals surface area contributed by atoms with Gasteiger partial charge in [0.15, 0.2) is 6.10 Å². The molecule has 0 radical (unpaired) electrons. The van der Waals surface area contributed by atoms with Crippen LogP contribution in [0.2, 0.25) is 0 Å². The molecule has 1 amide bonds. The summed E-state index contributed by atoms with van der Waals surface area (Å²) < 4.78 is 31.7. The van der Waals surface area contributed by atoms with Crippen molar-refractivity contribution < 1.29 is 27.9 Å². The molecule has 200 valence electrons. The molecular weight excluding hydrogens is 483 g/mol. The van der Waals surface area contributed by atoms with Gasteiger partial charge >= 0.3 is 6.09 Å². The minimum Gasteiger partial charge on any atom is -0.497 e. The van der Waals surface area contributed by atoms with Gasteiger partial charge in [-0.1, -0.05) is 30.3 Å². The Labute approximate surface area is 224 Å². The van der Waals surface area contributed by atoms with Crippen LogP contribution in [0.4, 0.5) is 14.9 Å². The van der Waals surface area contributed by atoms with E-state index in [9.17, 15) is 9.18 Å². The number of anilines is 1. The van der Waals surface area contributed by atoms with Gasteiger partial charge in [-0.25, -0.2) is 9.18 Å². The predicted molar refractivity (Wildman–Crippen MR) is 145 cm³/mol. The number of fused-ring (bicyclic) bond motifs is 3. The van der Waals surface area contributed by atoms with Crippen LogP contribution in [-0.2, 0) is 17.7 Å². The lowest BCUT2D eigenvalue weighted by atomic mass is 9.83. The number of ether oxygens (including phenoxy) is 3. The first kappa shape index (κ1) is 26.0. The Kier molecular flexibility index (Phi) is 7.84. The summed E-state index contributed by atoms with van der Waals surface area (Å²) in [6, 6.07) is 21.7. The third-order valence-corrected chi connectivity index (χ3v) is 8.18. The zero-order valence-corrected chi connectivity index (χ0v) is 22.1. The summed E-state index contributed by atoms with van der Waals surface area (Å²) >= 11 is 0. The molecule has 3 saturated heterocycles. The van der Waals surface area contributed by atoms with Gasteiger partial charge in [0.2, 0.25) is 0 Å². The number of methoxy groups -OCH3 is 2. The molecule has 6 rings (SSSR count). The van der Waals surface area contributed by atoms with Crippen molar-refractivity contribution in [2.24, 2.45) is 5.92 Å². The highest BCUT2D eigenvalue weighted by Crippen LogP contribution is 2.37. The van der Waals surface area contributed by atoms with Crippen molar-refractivity contribution in [1.29, 1.82) is 0 Å². The summed E-state index contributed by atoms with van der Waals surface area (Å²) in [6.07, 6.45) is 2.49. The van der Waals surface area contributed by atoms with E-state index in [-0.39, 0.29) is 18.0 Å². The highest BCUT2D eigenvalue weighted by atomic mass is 19.1. The van der Waals surface area contributed by atoms with E-state index in [2.05, 4.69) is 6.07 Å². The van der Waals surface area contributed by atoms with Crippen molar-refractivity contribution in [3.63, 3.8) is 0 Å². The van der Waals surface area contributed by atoms with Crippen molar-refractivity contribution in [2.45, 2.75) is 31.9 Å². The van der Waals surface area contributed by atoms with Gasteiger partial charge in [0.1, 0.15) is 23.9 Å². The van der Waals surface area contributed by atoms with Gasteiger partial charge in [-0.2, -0.15) is 0 Å². The van der Waals surface area contributed by atoms with E-state index >= 15 is 0 Å². The number of amides is 1. The highest BCUT2D eigenvalue weighted by molar-refractivity contribution is 5.87. The molecular formula is C31H36FN2O4+. The van der Waals surface area contributed by atoms with Gasteiger partial charge in [-0.05, 0) is 48.0 Å². The topological polar surface area (TPSA) is 48.0 Å². The van der Waals surface area contributed by atoms with Gasteiger partial charge < -0.3 is 18.7 Å². The second kappa shape index (κ2) is 11.4. The molecule has 38 heavy (non-hydrogen) atoms. The Morgan fingerprint density at radius 1 is 0.974 bits per heavy atom. The van der Waals surface area contributed by atoms with Crippen LogP contribution in [0, 0.1) is 11.7 Å². The average Bonchev–Trinajstić information content (AvgIpc) is 2.96. The van der Waals surface area contributed by atoms with E-state index in [4.69, 9.17) is 14.2 Å². The van der Waals surface area contributed by atoms with Crippen LogP contribution in [-0.4, -0.2) is 57.1 Å². The molecule has 0 aromatic heterocycles. The van der Waals surface area contributed by atoms with Crippen LogP contribution in [0.15, 0.2) is 72.8 Å². The Hall–Kier alpha value is -3.58. The average molecular weight is 520 g/mol. The lowest BCUT2D eigenvalue weighted by molar-refractivity contribution is -0.945. The second-order valence-corrected chi connectivity index (χ2v) is 10.4. The molecule has 2 bridgehead atoms. The third kappa shape index (κ3) is 5.78. The Balaban J connectivity index is 1.29. The van der Waals surface area contributed by atoms with E-state index in [1.807, 2.05) is 42.5 Å². The van der Waals surface area contributed by atoms with Gasteiger partial charge in [0.25, 0.3) is 0 Å². The Morgan fingerprint density at radius 2 is 1.71 bits per heavy atom. The number of quaternary nitrogens is 1. The van der Waals surface area contributed by atoms with Crippen LogP contribution in [0.1, 0.15) is 24.0 Å². The number of halogens is 1. The number of rotatable bonds is 9. The SMILES string of the molecule is COc1ccc(OC)c(CC[N+]23CCC(CC2)[C@@H](OC(=O)N(Cc2ccc(F)cc2)c2ccccc2)C3)c1. The normalized spacial score (nSPS) is 22.1. The number of piperidine rings is 3. The maximum atomic E-state index is 13.6. The minimum atomic E-state index is -0.355. The number of hydrogen-bond donors (Lipinski definition) is 0. The number of nitrogens with zero attached hydrogens (tertiary/aromatic N) is 2. The van der Waals surface area contributed by atoms with E-state index in [1.54, 1.807) is 31.3 Å². The van der Waals surface area contributed by atoms with Crippen LogP contribution in [0.3, 0.4) is 0 Å². The molecule has 0 unspecified atom stereocenters. The molecule has 0 saturated carbocycles. The summed E-state index contributed by atoms with van der Waals surface area (Å²) in [5, 5.41) is 0. The fourth-order valence-corrected chi connectivity index (χ4v) is 5.94. The van der Waals surface area contributed by atoms with Crippen molar-refractivity contribution in [1.82, 2.24) is 0 Å². The summed E-state index contributed by atoms with van der Waals surface area (Å²) in [7, 11) is 3.38. The van der Waals surface area contributed by atoms with E-state index < -0.39 is 0 Å². The van der Waals surface area contributed by atoms with Gasteiger partial charge in [-0.3, -0.25) is 4.90 Å². The van der Waals surface area contributed by atoms with Crippen LogP contribution in [0.25, 0.3) is 0 Å². The molecule has 3 aromatic rings. The monoisotopic (exact) mass is 519 g/mol. The number of benzene rings is 3. The first-order chi connectivity index (χ1) is 18.5. The Bertz CT molecular complexity index is 1230. The fraction of sp³-hybridized carbons (Fsp3) is 0.387. The number of para-hydroxylation sites is 1. The van der Waals surface area contributed by atoms with Crippen molar-refractivity contribution in [2.75, 3.05) is 45.3 Å². The lowest BCUT2D eigenvalue weighted by Crippen LogP contribution is -2.65. The molecule has 3 aliphatic heterocycles. The van der Waals surface area contributed by atoms with Gasteiger partial charge in [0, 0.05) is 36.4 Å². The number of carbonyl (C=O) groups excluding carboxylic acids is 1. The maximum Gasteiger partial charge on any atom is 0.415 e. The molecule has 0 spiro atoms. The van der Waals surface area contributed by atoms with Crippen LogP contribution >= 0.6 is 0 Å². The van der Waals surface area contributed by atoms with Gasteiger partial charge in [-0.15, -0.1) is 0 Å². The molecule has 3 aromatic carbocycles. The summed E-state index contributed by atoms with van der Waals surface area (Å²) in [6.45, 7) is 4.30. The highest BCUT2D eigenvalue weighted by Gasteiger charge is 2.47. The van der Waals surface area contributed by atoms with Gasteiger partial charge in [0.05, 0.1) is 40.4 Å². The Morgan fingerprint density at radius 3 is 2.39 bits per heavy atom. The van der Waals surface area contributed by atoms with E-state index in [1.165, 1.54) is 12.1 Å². The zero-order chi connectivity index (χ0) is 26.5. The smallest absolute Gasteiger partial charge is 0.415 e. The fourth-order valence-electron chi connectivity index (χ4n) is 5.94. The molecule has 3 fully saturated rings. The first-order valence-electron chi connectivity index (χ1n) is 13.3. The lowest BCUT2D eigenvalue weighted by Gasteiger charge is -2.52. The molecule has 0 aliphatic carbocycles. The van der Waals surface area contributed by atoms with E-state index in [0.717, 1.165) is 78.2 Å². The quantitative estimate of drug-likeness (QED) is 0.334. The second-order valence-electron chi connectivity index (χ2n) is 10.4. The summed E-state index contributed by atoms with van der Waals surface area (Å²) in [5.74, 6) is 1.79. The zero-order valence-electron chi connectivity index (χ0n) is 22.1. The maximum absolute atomic E-state index is 13.6. The van der Waals surface area contributed by atoms with Crippen molar-refractivity contribution in [3.05, 3.63) is 89.7 Å². The first-order valence-corrected chi connectivity index (χ1v) is 13.3. The molecule has 7 heteroatoms. The third-order valence-electron chi connectivity index (χ3n) is 8.18. The van der Waals surface area contributed by atoms with Crippen LogP contribution < -0.4 is 14.4 Å². The molecule has 3 aliphatic rings. The largest absolute Gasteiger partial charge is 0.497 e. The molecule has 1 atom stereocenters. The standard InChI is InChI=1S/C31H36FN2O4/c1-36-28-12-13-29(37-2)25(20-28)16-19-34-17-14-24(15-18-34)30(22-34)38-31(35)33(27-6-4-3-5-7-27)21-23-8-10-26(32)11-9-23/h3-13,20,24,30H,14-19,21-22H2,1-2H3/q+1/t24?,30-,34?/m0/s1. The number of carbonyl (C=O) groups is 1. The minimum absolute atomic E-state index is 0.128. The van der Waals surface area contributed by atoms with E-state index in [0.29, 0.717) is 12.5 Å². The van der Waals surface area contributed by atoms with Crippen molar-refractivity contribution >= 4 is 11.8 Å². The van der Waals surface area contributed by atoms with Crippen LogP contribution in [0.5, 0.6) is 11.5 Å². The molecule has 6 nitrogen and oxygen atoms in total. The summed E-state index contributed by atoms with van der Waals surface area (Å²) in [4.78, 5) is 15.2. The molecule has 3 heterocycles. The predicted octanol–water partition coefficient (Wildman–Crippen LogP) is 5.84.